The molecule has 3 nitrogen and oxygen atoms in total. The zero-order valence-electron chi connectivity index (χ0n) is 11.8. The first-order chi connectivity index (χ1) is 9.69. The van der Waals surface area contributed by atoms with Gasteiger partial charge in [0.05, 0.1) is 11.6 Å². The normalized spacial score (nSPS) is 23.2. The summed E-state index contributed by atoms with van der Waals surface area (Å²) in [5.41, 5.74) is 1.82. The number of aromatic nitrogens is 1. The monoisotopic (exact) mass is 274 g/mol. The van der Waals surface area contributed by atoms with Crippen LogP contribution >= 0.6 is 0 Å². The Morgan fingerprint density at radius 3 is 3.00 bits per heavy atom. The Balaban J connectivity index is 1.98. The number of nitrogens with zero attached hydrogens (tertiary/aromatic N) is 2. The van der Waals surface area contributed by atoms with Gasteiger partial charge in [-0.05, 0) is 30.5 Å². The maximum Gasteiger partial charge on any atom is 0.125 e. The van der Waals surface area contributed by atoms with Gasteiger partial charge in [0.2, 0.25) is 0 Å². The van der Waals surface area contributed by atoms with Gasteiger partial charge >= 0.3 is 0 Å². The fourth-order valence-electron chi connectivity index (χ4n) is 2.94. The number of piperidine rings is 1. The molecule has 0 bridgehead atoms. The number of rotatable bonds is 2. The fraction of sp³-hybridized carbons (Fsp3) is 0.438. The first kappa shape index (κ1) is 13.3. The molecule has 20 heavy (non-hydrogen) atoms. The smallest absolute Gasteiger partial charge is 0.125 e. The van der Waals surface area contributed by atoms with Crippen LogP contribution in [0, 0.1) is 11.7 Å². The Hall–Kier alpha value is -1.68. The van der Waals surface area contributed by atoms with E-state index in [0.717, 1.165) is 30.6 Å². The second kappa shape index (κ2) is 5.37. The summed E-state index contributed by atoms with van der Waals surface area (Å²) in [6.45, 7) is 4.09. The molecule has 0 N–H and O–H groups in total. The number of fused-ring (bicyclic) bond motifs is 1. The molecule has 2 aromatic rings. The number of benzene rings is 1. The molecule has 2 unspecified atom stereocenters. The molecule has 1 fully saturated rings. The summed E-state index contributed by atoms with van der Waals surface area (Å²) in [4.78, 5) is 6.57. The van der Waals surface area contributed by atoms with Gasteiger partial charge in [0.25, 0.3) is 0 Å². The van der Waals surface area contributed by atoms with Crippen LogP contribution in [0.3, 0.4) is 0 Å². The highest BCUT2D eigenvalue weighted by atomic mass is 19.1. The molecule has 2 atom stereocenters. The quantitative estimate of drug-likeness (QED) is 0.840. The number of hydrogen-bond donors (Lipinski definition) is 0. The topological polar surface area (TPSA) is 25.4 Å². The number of anilines is 1. The highest BCUT2D eigenvalue weighted by Crippen LogP contribution is 2.30. The fourth-order valence-corrected chi connectivity index (χ4v) is 2.94. The summed E-state index contributed by atoms with van der Waals surface area (Å²) < 4.78 is 18.9. The Morgan fingerprint density at radius 1 is 1.35 bits per heavy atom. The third-order valence-corrected chi connectivity index (χ3v) is 4.21. The summed E-state index contributed by atoms with van der Waals surface area (Å²) in [5.74, 6) is 0.325. The van der Waals surface area contributed by atoms with Crippen molar-refractivity contribution in [1.29, 1.82) is 0 Å². The molecule has 106 valence electrons. The largest absolute Gasteiger partial charge is 0.379 e. The Morgan fingerprint density at radius 2 is 2.20 bits per heavy atom. The minimum Gasteiger partial charge on any atom is -0.379 e. The maximum atomic E-state index is 13.3. The van der Waals surface area contributed by atoms with Crippen LogP contribution in [0.5, 0.6) is 0 Å². The lowest BCUT2D eigenvalue weighted by Gasteiger charge is -2.38. The third kappa shape index (κ3) is 2.36. The van der Waals surface area contributed by atoms with Crippen LogP contribution in [-0.4, -0.2) is 31.3 Å². The van der Waals surface area contributed by atoms with Crippen LogP contribution in [0.25, 0.3) is 10.9 Å². The van der Waals surface area contributed by atoms with Crippen molar-refractivity contribution in [3.05, 3.63) is 36.3 Å². The van der Waals surface area contributed by atoms with Crippen molar-refractivity contribution in [3.8, 4) is 0 Å². The average molecular weight is 274 g/mol. The highest BCUT2D eigenvalue weighted by molar-refractivity contribution is 5.91. The van der Waals surface area contributed by atoms with Gasteiger partial charge in [0, 0.05) is 43.5 Å². The van der Waals surface area contributed by atoms with Crippen molar-refractivity contribution < 1.29 is 9.13 Å². The number of hydrogen-bond acceptors (Lipinski definition) is 3. The zero-order valence-corrected chi connectivity index (χ0v) is 11.8. The molecule has 3 rings (SSSR count). The second-order valence-corrected chi connectivity index (χ2v) is 5.48. The first-order valence-electron chi connectivity index (χ1n) is 7.01. The Kier molecular flexibility index (Phi) is 3.57. The van der Waals surface area contributed by atoms with Gasteiger partial charge in [0.15, 0.2) is 0 Å². The molecular formula is C16H19FN2O. The van der Waals surface area contributed by atoms with Gasteiger partial charge in [-0.3, -0.25) is 4.98 Å². The molecule has 1 aromatic carbocycles. The zero-order chi connectivity index (χ0) is 14.1. The van der Waals surface area contributed by atoms with Crippen molar-refractivity contribution in [2.24, 2.45) is 5.92 Å². The van der Waals surface area contributed by atoms with Crippen molar-refractivity contribution in [2.75, 3.05) is 25.1 Å². The van der Waals surface area contributed by atoms with Crippen LogP contribution in [-0.2, 0) is 4.74 Å². The summed E-state index contributed by atoms with van der Waals surface area (Å²) in [5, 5.41) is 0.998. The minimum absolute atomic E-state index is 0.243. The van der Waals surface area contributed by atoms with Crippen LogP contribution in [0.15, 0.2) is 30.5 Å². The first-order valence-corrected chi connectivity index (χ1v) is 7.01. The van der Waals surface area contributed by atoms with Crippen LogP contribution in [0.2, 0.25) is 0 Å². The van der Waals surface area contributed by atoms with Crippen molar-refractivity contribution in [1.82, 2.24) is 4.98 Å². The predicted octanol–water partition coefficient (Wildman–Crippen LogP) is 3.24. The van der Waals surface area contributed by atoms with Crippen LogP contribution < -0.4 is 4.90 Å². The molecule has 2 heterocycles. The van der Waals surface area contributed by atoms with Gasteiger partial charge in [-0.1, -0.05) is 6.92 Å². The van der Waals surface area contributed by atoms with Crippen molar-refractivity contribution in [3.63, 3.8) is 0 Å². The van der Waals surface area contributed by atoms with E-state index < -0.39 is 0 Å². The van der Waals surface area contributed by atoms with Gasteiger partial charge in [-0.25, -0.2) is 4.39 Å². The molecule has 0 aliphatic carbocycles. The summed E-state index contributed by atoms with van der Waals surface area (Å²) in [7, 11) is 1.77. The van der Waals surface area contributed by atoms with Gasteiger partial charge in [-0.15, -0.1) is 0 Å². The standard InChI is InChI=1S/C16H19FN2O/c1-11-6-8-19(10-16(11)20-2)15-5-7-18-14-9-12(17)3-4-13(14)15/h3-5,7,9,11,16H,6,8,10H2,1-2H3. The molecule has 0 amide bonds. The summed E-state index contributed by atoms with van der Waals surface area (Å²) in [6, 6.07) is 6.79. The lowest BCUT2D eigenvalue weighted by atomic mass is 9.95. The van der Waals surface area contributed by atoms with E-state index in [0.29, 0.717) is 11.4 Å². The number of halogens is 1. The van der Waals surface area contributed by atoms with E-state index in [1.165, 1.54) is 12.1 Å². The summed E-state index contributed by atoms with van der Waals surface area (Å²) in [6.07, 6.45) is 3.09. The van der Waals surface area contributed by atoms with E-state index in [2.05, 4.69) is 16.8 Å². The number of ether oxygens (including phenoxy) is 1. The molecule has 0 saturated carbocycles. The SMILES string of the molecule is COC1CN(c2ccnc3cc(F)ccc23)CCC1C. The molecule has 1 aliphatic heterocycles. The second-order valence-electron chi connectivity index (χ2n) is 5.48. The van der Waals surface area contributed by atoms with Gasteiger partial charge in [0.1, 0.15) is 5.82 Å². The lowest BCUT2D eigenvalue weighted by molar-refractivity contribution is 0.0499. The molecule has 1 aromatic heterocycles. The molecule has 0 spiro atoms. The lowest BCUT2D eigenvalue weighted by Crippen LogP contribution is -2.44. The summed E-state index contributed by atoms with van der Waals surface area (Å²) >= 11 is 0. The maximum absolute atomic E-state index is 13.3. The van der Waals surface area contributed by atoms with Gasteiger partial charge in [-0.2, -0.15) is 0 Å². The van der Waals surface area contributed by atoms with E-state index in [1.54, 1.807) is 13.3 Å². The third-order valence-electron chi connectivity index (χ3n) is 4.21. The number of methoxy groups -OCH3 is 1. The minimum atomic E-state index is -0.246. The molecule has 1 saturated heterocycles. The van der Waals surface area contributed by atoms with Crippen molar-refractivity contribution in [2.45, 2.75) is 19.4 Å². The highest BCUT2D eigenvalue weighted by Gasteiger charge is 2.26. The molecule has 1 aliphatic rings. The predicted molar refractivity (Wildman–Crippen MR) is 78.5 cm³/mol. The number of pyridine rings is 1. The van der Waals surface area contributed by atoms with E-state index in [1.807, 2.05) is 12.1 Å². The van der Waals surface area contributed by atoms with Crippen molar-refractivity contribution >= 4 is 16.6 Å². The van der Waals surface area contributed by atoms with E-state index in [-0.39, 0.29) is 11.9 Å². The van der Waals surface area contributed by atoms with E-state index in [9.17, 15) is 4.39 Å². The molecule has 0 radical (unpaired) electrons. The van der Waals surface area contributed by atoms with Crippen LogP contribution in [0.1, 0.15) is 13.3 Å². The van der Waals surface area contributed by atoms with E-state index >= 15 is 0 Å². The Bertz CT molecular complexity index is 616. The van der Waals surface area contributed by atoms with Gasteiger partial charge < -0.3 is 9.64 Å². The Labute approximate surface area is 118 Å². The average Bonchev–Trinajstić information content (AvgIpc) is 2.47. The van der Waals surface area contributed by atoms with E-state index in [4.69, 9.17) is 4.74 Å². The molecular weight excluding hydrogens is 255 g/mol. The van der Waals surface area contributed by atoms with Crippen LogP contribution in [0.4, 0.5) is 10.1 Å². The molecule has 4 heteroatoms.